The van der Waals surface area contributed by atoms with Gasteiger partial charge in [0.25, 0.3) is 0 Å². The second-order valence-corrected chi connectivity index (χ2v) is 7.92. The van der Waals surface area contributed by atoms with Crippen LogP contribution in [-0.2, 0) is 22.4 Å². The van der Waals surface area contributed by atoms with Crippen LogP contribution in [0.2, 0.25) is 0 Å². The van der Waals surface area contributed by atoms with Crippen molar-refractivity contribution in [3.8, 4) is 0 Å². The molecule has 0 radical (unpaired) electrons. The van der Waals surface area contributed by atoms with Gasteiger partial charge in [-0.2, -0.15) is 0 Å². The number of rotatable bonds is 5. The Balaban J connectivity index is 1.70. The zero-order chi connectivity index (χ0) is 21.0. The molecule has 6 nitrogen and oxygen atoms in total. The van der Waals surface area contributed by atoms with Crippen LogP contribution in [-0.4, -0.2) is 46.8 Å². The molecule has 1 saturated heterocycles. The molecule has 2 aromatic rings. The molecule has 0 spiro atoms. The Hall–Kier alpha value is -2.76. The van der Waals surface area contributed by atoms with Gasteiger partial charge >= 0.3 is 0 Å². The normalized spacial score (nSPS) is 16.6. The second kappa shape index (κ2) is 9.16. The van der Waals surface area contributed by atoms with Crippen LogP contribution in [0, 0.1) is 20.8 Å². The van der Waals surface area contributed by atoms with Crippen LogP contribution in [0.1, 0.15) is 52.7 Å². The van der Waals surface area contributed by atoms with E-state index in [4.69, 9.17) is 9.97 Å². The van der Waals surface area contributed by atoms with Gasteiger partial charge < -0.3 is 10.2 Å². The van der Waals surface area contributed by atoms with Gasteiger partial charge in [-0.1, -0.05) is 29.8 Å². The lowest BCUT2D eigenvalue weighted by molar-refractivity contribution is -0.131. The Labute approximate surface area is 172 Å². The number of hydrogen-bond donors (Lipinski definition) is 1. The van der Waals surface area contributed by atoms with E-state index in [2.05, 4.69) is 5.32 Å². The van der Waals surface area contributed by atoms with Crippen molar-refractivity contribution in [1.82, 2.24) is 20.2 Å². The molecule has 1 aliphatic rings. The van der Waals surface area contributed by atoms with Crippen molar-refractivity contribution in [1.29, 1.82) is 0 Å². The summed E-state index contributed by atoms with van der Waals surface area (Å²) >= 11 is 0. The maximum Gasteiger partial charge on any atom is 0.227 e. The monoisotopic (exact) mass is 394 g/mol. The van der Waals surface area contributed by atoms with Gasteiger partial charge in [-0.3, -0.25) is 9.59 Å². The minimum Gasteiger partial charge on any atom is -0.359 e. The third kappa shape index (κ3) is 5.19. The largest absolute Gasteiger partial charge is 0.359 e. The Morgan fingerprint density at radius 1 is 1.07 bits per heavy atom. The number of likely N-dealkylation sites (N-methyl/N-ethyl adjacent to an activating group) is 1. The van der Waals surface area contributed by atoms with Crippen LogP contribution in [0.4, 0.5) is 0 Å². The number of likely N-dealkylation sites (tertiary alicyclic amines) is 1. The Morgan fingerprint density at radius 3 is 2.34 bits per heavy atom. The number of carbonyl (C=O) groups is 2. The molecule has 6 heteroatoms. The third-order valence-corrected chi connectivity index (χ3v) is 5.67. The summed E-state index contributed by atoms with van der Waals surface area (Å²) in [6, 6.07) is 8.13. The van der Waals surface area contributed by atoms with E-state index in [0.717, 1.165) is 47.7 Å². The Morgan fingerprint density at radius 2 is 1.72 bits per heavy atom. The fourth-order valence-corrected chi connectivity index (χ4v) is 3.86. The lowest BCUT2D eigenvalue weighted by atomic mass is 9.95. The number of benzene rings is 1. The van der Waals surface area contributed by atoms with Crippen LogP contribution in [0.3, 0.4) is 0 Å². The molecule has 154 valence electrons. The van der Waals surface area contributed by atoms with Crippen LogP contribution in [0.25, 0.3) is 0 Å². The average Bonchev–Trinajstić information content (AvgIpc) is 2.72. The number of nitrogens with one attached hydrogen (secondary N) is 1. The predicted octanol–water partition coefficient (Wildman–Crippen LogP) is 2.64. The van der Waals surface area contributed by atoms with E-state index >= 15 is 0 Å². The molecule has 1 aliphatic heterocycles. The molecule has 2 amide bonds. The van der Waals surface area contributed by atoms with E-state index in [0.29, 0.717) is 19.4 Å². The topological polar surface area (TPSA) is 75.2 Å². The van der Waals surface area contributed by atoms with Crippen molar-refractivity contribution in [2.75, 3.05) is 20.1 Å². The van der Waals surface area contributed by atoms with Crippen molar-refractivity contribution in [3.63, 3.8) is 0 Å². The van der Waals surface area contributed by atoms with E-state index in [9.17, 15) is 9.59 Å². The molecule has 3 rings (SSSR count). The average molecular weight is 395 g/mol. The molecule has 2 heterocycles. The molecule has 1 N–H and O–H groups in total. The van der Waals surface area contributed by atoms with Crippen molar-refractivity contribution >= 4 is 11.8 Å². The van der Waals surface area contributed by atoms with Crippen LogP contribution >= 0.6 is 0 Å². The number of aryl methyl sites for hydroxylation is 3. The quantitative estimate of drug-likeness (QED) is 0.846. The first-order chi connectivity index (χ1) is 13.9. The summed E-state index contributed by atoms with van der Waals surface area (Å²) < 4.78 is 0. The van der Waals surface area contributed by atoms with Gasteiger partial charge in [-0.15, -0.1) is 0 Å². The van der Waals surface area contributed by atoms with E-state index in [1.165, 1.54) is 5.56 Å². The number of piperidine rings is 1. The van der Waals surface area contributed by atoms with Crippen LogP contribution in [0.5, 0.6) is 0 Å². The van der Waals surface area contributed by atoms with Crippen molar-refractivity contribution in [2.45, 2.75) is 52.4 Å². The summed E-state index contributed by atoms with van der Waals surface area (Å²) in [5, 5.41) is 2.65. The molecule has 1 fully saturated rings. The molecule has 1 aromatic heterocycles. The van der Waals surface area contributed by atoms with Crippen LogP contribution < -0.4 is 5.32 Å². The summed E-state index contributed by atoms with van der Waals surface area (Å²) in [5.41, 5.74) is 4.82. The number of hydrogen-bond acceptors (Lipinski definition) is 4. The van der Waals surface area contributed by atoms with Crippen molar-refractivity contribution < 1.29 is 9.59 Å². The van der Waals surface area contributed by atoms with E-state index < -0.39 is 0 Å². The highest BCUT2D eigenvalue weighted by Crippen LogP contribution is 2.26. The van der Waals surface area contributed by atoms with Gasteiger partial charge in [0.15, 0.2) is 0 Å². The fourth-order valence-electron chi connectivity index (χ4n) is 3.86. The molecular weight excluding hydrogens is 364 g/mol. The van der Waals surface area contributed by atoms with Gasteiger partial charge in [0.2, 0.25) is 11.8 Å². The smallest absolute Gasteiger partial charge is 0.227 e. The van der Waals surface area contributed by atoms with Gasteiger partial charge in [0, 0.05) is 43.0 Å². The van der Waals surface area contributed by atoms with Gasteiger partial charge in [0.1, 0.15) is 5.82 Å². The molecule has 0 saturated carbocycles. The highest BCUT2D eigenvalue weighted by Gasteiger charge is 2.27. The minimum absolute atomic E-state index is 0.0434. The number of amides is 2. The molecule has 0 aliphatic carbocycles. The van der Waals surface area contributed by atoms with Crippen LogP contribution in [0.15, 0.2) is 24.3 Å². The third-order valence-electron chi connectivity index (χ3n) is 5.67. The van der Waals surface area contributed by atoms with Gasteiger partial charge in [-0.05, 0) is 39.2 Å². The van der Waals surface area contributed by atoms with E-state index in [-0.39, 0.29) is 17.7 Å². The summed E-state index contributed by atoms with van der Waals surface area (Å²) in [6.07, 6.45) is 2.64. The standard InChI is InChI=1S/C23H30N4O2/c1-15-7-9-18(10-8-15)12-22(29)27-11-5-6-19(14-27)23-25-16(2)20(17(3)26-23)13-21(28)24-4/h7-10,19H,5-6,11-14H2,1-4H3,(H,24,28)/t19-/m1/s1. The summed E-state index contributed by atoms with van der Waals surface area (Å²) in [7, 11) is 1.63. The molecule has 0 unspecified atom stereocenters. The summed E-state index contributed by atoms with van der Waals surface area (Å²) in [6.45, 7) is 7.34. The maximum absolute atomic E-state index is 12.8. The fraction of sp³-hybridized carbons (Fsp3) is 0.478. The zero-order valence-corrected chi connectivity index (χ0v) is 17.8. The Kier molecular flexibility index (Phi) is 6.62. The highest BCUT2D eigenvalue weighted by molar-refractivity contribution is 5.79. The zero-order valence-electron chi connectivity index (χ0n) is 17.8. The van der Waals surface area contributed by atoms with E-state index in [1.54, 1.807) is 7.05 Å². The lowest BCUT2D eigenvalue weighted by Gasteiger charge is -2.32. The number of nitrogens with zero attached hydrogens (tertiary/aromatic N) is 3. The van der Waals surface area contributed by atoms with E-state index in [1.807, 2.05) is 49.9 Å². The Bertz CT molecular complexity index is 869. The first kappa shape index (κ1) is 21.0. The van der Waals surface area contributed by atoms with Crippen molar-refractivity contribution in [3.05, 3.63) is 58.2 Å². The first-order valence-corrected chi connectivity index (χ1v) is 10.2. The molecule has 1 aromatic carbocycles. The van der Waals surface area contributed by atoms with Gasteiger partial charge in [0.05, 0.1) is 12.8 Å². The molecule has 0 bridgehead atoms. The predicted molar refractivity (Wildman–Crippen MR) is 113 cm³/mol. The van der Waals surface area contributed by atoms with Gasteiger partial charge in [-0.25, -0.2) is 9.97 Å². The van der Waals surface area contributed by atoms with Crippen molar-refractivity contribution in [2.24, 2.45) is 0 Å². The molecule has 1 atom stereocenters. The minimum atomic E-state index is -0.0434. The maximum atomic E-state index is 12.8. The molecular formula is C23H30N4O2. The second-order valence-electron chi connectivity index (χ2n) is 7.92. The lowest BCUT2D eigenvalue weighted by Crippen LogP contribution is -2.40. The summed E-state index contributed by atoms with van der Waals surface area (Å²) in [5.74, 6) is 1.03. The SMILES string of the molecule is CNC(=O)Cc1c(C)nc([C@@H]2CCCN(C(=O)Cc3ccc(C)cc3)C2)nc1C. The number of aromatic nitrogens is 2. The molecule has 29 heavy (non-hydrogen) atoms. The highest BCUT2D eigenvalue weighted by atomic mass is 16.2. The number of carbonyl (C=O) groups excluding carboxylic acids is 2. The first-order valence-electron chi connectivity index (χ1n) is 10.2. The summed E-state index contributed by atoms with van der Waals surface area (Å²) in [4.78, 5) is 35.9.